The minimum atomic E-state index is -3.75. The van der Waals surface area contributed by atoms with Crippen LogP contribution in [0.25, 0.3) is 0 Å². The molecule has 0 saturated carbocycles. The maximum Gasteiger partial charge on any atom is 0.330 e. The maximum absolute atomic E-state index is 12.5. The molecule has 4 N–H and O–H groups in total. The van der Waals surface area contributed by atoms with Crippen LogP contribution in [0, 0.1) is 0 Å². The Bertz CT molecular complexity index is 981. The average Bonchev–Trinajstić information content (AvgIpc) is 2.67. The summed E-state index contributed by atoms with van der Waals surface area (Å²) in [7, 11) is -6.82. The van der Waals surface area contributed by atoms with Gasteiger partial charge in [0.15, 0.2) is 0 Å². The minimum Gasteiger partial charge on any atom is -0.369 e. The Kier molecular flexibility index (Phi) is 9.20. The van der Waals surface area contributed by atoms with Gasteiger partial charge in [-0.3, -0.25) is 4.57 Å². The Morgan fingerprint density at radius 2 is 1.80 bits per heavy atom. The zero-order chi connectivity index (χ0) is 22.2. The van der Waals surface area contributed by atoms with E-state index in [1.54, 1.807) is 32.2 Å². The van der Waals surface area contributed by atoms with Crippen LogP contribution in [-0.2, 0) is 23.6 Å². The molecule has 0 bridgehead atoms. The number of anilines is 3. The van der Waals surface area contributed by atoms with Gasteiger partial charge >= 0.3 is 7.60 Å². The average molecular weight is 522 g/mol. The molecule has 1 aromatic carbocycles. The second-order valence-corrected chi connectivity index (χ2v) is 10.6. The molecule has 1 heterocycles. The fourth-order valence-corrected chi connectivity index (χ4v) is 4.96. The fourth-order valence-electron chi connectivity index (χ4n) is 2.45. The van der Waals surface area contributed by atoms with Crippen LogP contribution in [-0.4, -0.2) is 44.3 Å². The summed E-state index contributed by atoms with van der Waals surface area (Å²) in [6.07, 6.45) is 2.44. The van der Waals surface area contributed by atoms with Gasteiger partial charge < -0.3 is 19.7 Å². The van der Waals surface area contributed by atoms with Gasteiger partial charge in [-0.15, -0.1) is 0 Å². The van der Waals surface area contributed by atoms with Crippen molar-refractivity contribution in [2.45, 2.75) is 25.2 Å². The Hall–Kier alpha value is -1.56. The van der Waals surface area contributed by atoms with Gasteiger partial charge in [-0.1, -0.05) is 0 Å². The first kappa shape index (κ1) is 24.7. The van der Waals surface area contributed by atoms with Crippen LogP contribution in [0.15, 0.2) is 39.8 Å². The van der Waals surface area contributed by atoms with Gasteiger partial charge in [0, 0.05) is 18.4 Å². The molecule has 0 aliphatic rings. The van der Waals surface area contributed by atoms with Crippen LogP contribution in [0.2, 0.25) is 0 Å². The molecule has 0 fully saturated rings. The molecule has 166 valence electrons. The minimum absolute atomic E-state index is 0.0172. The van der Waals surface area contributed by atoms with Crippen LogP contribution < -0.4 is 15.8 Å². The van der Waals surface area contributed by atoms with E-state index >= 15 is 0 Å². The van der Waals surface area contributed by atoms with Gasteiger partial charge in [-0.05, 0) is 60.5 Å². The van der Waals surface area contributed by atoms with Gasteiger partial charge in [0.05, 0.1) is 28.7 Å². The predicted octanol–water partition coefficient (Wildman–Crippen LogP) is 3.70. The van der Waals surface area contributed by atoms with Crippen LogP contribution in [0.5, 0.6) is 0 Å². The molecule has 0 atom stereocenters. The smallest absolute Gasteiger partial charge is 0.330 e. The molecule has 0 radical (unpaired) electrons. The summed E-state index contributed by atoms with van der Waals surface area (Å²) < 4.78 is 46.3. The molecule has 2 rings (SSSR count). The van der Waals surface area contributed by atoms with Crippen molar-refractivity contribution in [3.05, 3.63) is 34.9 Å². The number of halogens is 1. The van der Waals surface area contributed by atoms with E-state index in [9.17, 15) is 13.0 Å². The van der Waals surface area contributed by atoms with E-state index in [1.165, 1.54) is 12.1 Å². The van der Waals surface area contributed by atoms with Crippen molar-refractivity contribution in [2.24, 2.45) is 5.14 Å². The lowest BCUT2D eigenvalue weighted by Gasteiger charge is -2.17. The predicted molar refractivity (Wildman–Crippen MR) is 120 cm³/mol. The van der Waals surface area contributed by atoms with E-state index in [1.807, 2.05) is 0 Å². The first-order chi connectivity index (χ1) is 14.2. The number of nitrogens with two attached hydrogens (primary N) is 1. The third-order valence-corrected chi connectivity index (χ3v) is 7.41. The second-order valence-electron chi connectivity index (χ2n) is 6.03. The molecule has 0 unspecified atom stereocenters. The highest BCUT2D eigenvalue weighted by molar-refractivity contribution is 9.10. The van der Waals surface area contributed by atoms with Gasteiger partial charge in [-0.2, -0.15) is 4.98 Å². The monoisotopic (exact) mass is 521 g/mol. The lowest BCUT2D eigenvalue weighted by molar-refractivity contribution is 0.220. The number of nitrogens with one attached hydrogen (secondary N) is 2. The highest BCUT2D eigenvalue weighted by Crippen LogP contribution is 2.48. The van der Waals surface area contributed by atoms with E-state index in [4.69, 9.17) is 14.2 Å². The van der Waals surface area contributed by atoms with Crippen molar-refractivity contribution in [3.8, 4) is 0 Å². The maximum atomic E-state index is 12.5. The Morgan fingerprint density at radius 1 is 1.17 bits per heavy atom. The van der Waals surface area contributed by atoms with Crippen molar-refractivity contribution >= 4 is 51.0 Å². The Labute approximate surface area is 184 Å². The summed E-state index contributed by atoms with van der Waals surface area (Å²) in [6.45, 7) is 4.71. The molecule has 0 amide bonds. The largest absolute Gasteiger partial charge is 0.369 e. The van der Waals surface area contributed by atoms with Gasteiger partial charge in [0.2, 0.25) is 16.0 Å². The molecule has 0 saturated heterocycles. The number of primary sulfonamides is 1. The first-order valence-corrected chi connectivity index (χ1v) is 13.3. The van der Waals surface area contributed by atoms with Crippen molar-refractivity contribution in [1.82, 2.24) is 9.97 Å². The zero-order valence-electron chi connectivity index (χ0n) is 16.7. The molecule has 13 heteroatoms. The third-order valence-electron chi connectivity index (χ3n) is 3.74. The van der Waals surface area contributed by atoms with Crippen LogP contribution in [0.4, 0.5) is 17.5 Å². The van der Waals surface area contributed by atoms with Crippen LogP contribution in [0.1, 0.15) is 20.3 Å². The standard InChI is InChI=1S/C17H25BrN5O5PS/c1-3-27-29(24,28-4-2)11-5-10-20-16-15(18)12-21-17(23-16)22-13-6-8-14(9-7-13)30(19,25)26/h6-9,12H,3-5,10-11H2,1-2H3,(H2,19,25,26)(H2,20,21,22,23). The summed E-state index contributed by atoms with van der Waals surface area (Å²) in [5.41, 5.74) is 0.602. The first-order valence-electron chi connectivity index (χ1n) is 9.21. The SMILES string of the molecule is CCOP(=O)(CCCNc1nc(Nc2ccc(S(N)(=O)=O)cc2)ncc1Br)OCC. The lowest BCUT2D eigenvalue weighted by Crippen LogP contribution is -2.12. The molecule has 2 aromatic rings. The topological polar surface area (TPSA) is 146 Å². The van der Waals surface area contributed by atoms with Gasteiger partial charge in [0.25, 0.3) is 0 Å². The number of sulfonamides is 1. The number of aromatic nitrogens is 2. The van der Waals surface area contributed by atoms with E-state index in [2.05, 4.69) is 36.5 Å². The highest BCUT2D eigenvalue weighted by Gasteiger charge is 2.22. The van der Waals surface area contributed by atoms with Gasteiger partial charge in [0.1, 0.15) is 5.82 Å². The molecular weight excluding hydrogens is 497 g/mol. The second kappa shape index (κ2) is 11.2. The summed E-state index contributed by atoms with van der Waals surface area (Å²) >= 11 is 3.39. The van der Waals surface area contributed by atoms with E-state index in [0.29, 0.717) is 54.3 Å². The van der Waals surface area contributed by atoms with Crippen molar-refractivity contribution in [3.63, 3.8) is 0 Å². The lowest BCUT2D eigenvalue weighted by atomic mass is 10.3. The summed E-state index contributed by atoms with van der Waals surface area (Å²) in [6, 6.07) is 5.92. The van der Waals surface area contributed by atoms with E-state index in [-0.39, 0.29) is 4.90 Å². The fraction of sp³-hybridized carbons (Fsp3) is 0.412. The zero-order valence-corrected chi connectivity index (χ0v) is 20.0. The molecular formula is C17H25BrN5O5PS. The molecule has 0 aliphatic carbocycles. The van der Waals surface area contributed by atoms with Crippen molar-refractivity contribution in [2.75, 3.05) is 36.6 Å². The summed E-state index contributed by atoms with van der Waals surface area (Å²) in [4.78, 5) is 8.59. The number of hydrogen-bond acceptors (Lipinski definition) is 9. The highest BCUT2D eigenvalue weighted by atomic mass is 79.9. The molecule has 0 aliphatic heterocycles. The molecule has 30 heavy (non-hydrogen) atoms. The summed E-state index contributed by atoms with van der Waals surface area (Å²) in [5.74, 6) is 0.870. The van der Waals surface area contributed by atoms with E-state index < -0.39 is 17.6 Å². The Morgan fingerprint density at radius 3 is 2.37 bits per heavy atom. The number of benzene rings is 1. The molecule has 0 spiro atoms. The summed E-state index contributed by atoms with van der Waals surface area (Å²) in [5, 5.41) is 11.2. The third kappa shape index (κ3) is 7.60. The Balaban J connectivity index is 1.97. The normalized spacial score (nSPS) is 12.0. The van der Waals surface area contributed by atoms with Crippen molar-refractivity contribution in [1.29, 1.82) is 0 Å². The van der Waals surface area contributed by atoms with Crippen LogP contribution >= 0.6 is 23.5 Å². The van der Waals surface area contributed by atoms with Crippen molar-refractivity contribution < 1.29 is 22.0 Å². The van der Waals surface area contributed by atoms with Crippen LogP contribution in [0.3, 0.4) is 0 Å². The molecule has 10 nitrogen and oxygen atoms in total. The molecule has 1 aromatic heterocycles. The number of rotatable bonds is 12. The quantitative estimate of drug-likeness (QED) is 0.281. The number of hydrogen-bond donors (Lipinski definition) is 3. The van der Waals surface area contributed by atoms with Gasteiger partial charge in [-0.25, -0.2) is 18.5 Å². The van der Waals surface area contributed by atoms with E-state index in [0.717, 1.165) is 0 Å². The number of nitrogens with zero attached hydrogens (tertiary/aromatic N) is 2.